The molecule has 4 aromatic carbocycles. The number of rotatable bonds is 7. The Morgan fingerprint density at radius 3 is 1.35 bits per heavy atom. The number of hydrogen-bond donors (Lipinski definition) is 2. The number of carbonyl (C=O) groups excluding carboxylic acids is 1. The van der Waals surface area contributed by atoms with E-state index < -0.39 is 34.7 Å². The molecule has 4 aromatic rings. The van der Waals surface area contributed by atoms with Crippen LogP contribution in [0.1, 0.15) is 12.5 Å². The van der Waals surface area contributed by atoms with E-state index in [9.17, 15) is 9.59 Å². The predicted molar refractivity (Wildman–Crippen MR) is 139 cm³/mol. The number of benzene rings is 4. The van der Waals surface area contributed by atoms with Gasteiger partial charge in [-0.1, -0.05) is 30.3 Å². The van der Waals surface area contributed by atoms with Crippen LogP contribution in [0.3, 0.4) is 0 Å². The quantitative estimate of drug-likeness (QED) is 0.304. The molecule has 1 unspecified atom stereocenters. The van der Waals surface area contributed by atoms with E-state index in [1.165, 1.54) is 6.92 Å². The van der Waals surface area contributed by atoms with Crippen molar-refractivity contribution >= 4 is 43.9 Å². The zero-order chi connectivity index (χ0) is 24.2. The number of amides is 1. The van der Waals surface area contributed by atoms with Crippen LogP contribution in [0, 0.1) is 0 Å². The second kappa shape index (κ2) is 13.4. The van der Waals surface area contributed by atoms with Gasteiger partial charge < -0.3 is 10.4 Å². The average molecular weight is 646 g/mol. The fraction of sp³-hybridized carbons (Fsp3) is 0.103. The standard InChI is InChI=1S/C11H13NO3.3C6H5.Pb/c1-8(13)12-10(11(14)15)7-9-5-3-2-4-6-9;3*1-2-4-6-5-3-1;/h2-6,10H,7H2,1H3,(H,12,13)(H,14,15);3*1-5H;. The summed E-state index contributed by atoms with van der Waals surface area (Å²) in [6, 6.07) is 41.3. The van der Waals surface area contributed by atoms with E-state index in [2.05, 4.69) is 96.3 Å². The first kappa shape index (κ1) is 25.4. The Morgan fingerprint density at radius 1 is 0.676 bits per heavy atom. The molecule has 0 heterocycles. The third kappa shape index (κ3) is 7.95. The van der Waals surface area contributed by atoms with Gasteiger partial charge in [-0.05, 0) is 5.56 Å². The van der Waals surface area contributed by atoms with E-state index in [4.69, 9.17) is 5.11 Å². The summed E-state index contributed by atoms with van der Waals surface area (Å²) in [5, 5.41) is 11.3. The predicted octanol–water partition coefficient (Wildman–Crippen LogP) is 3.02. The van der Waals surface area contributed by atoms with Crippen LogP contribution in [0.5, 0.6) is 0 Å². The van der Waals surface area contributed by atoms with Crippen molar-refractivity contribution in [3.05, 3.63) is 127 Å². The monoisotopic (exact) mass is 646 g/mol. The molecule has 4 nitrogen and oxygen atoms in total. The second-order valence-electron chi connectivity index (χ2n) is 7.75. The van der Waals surface area contributed by atoms with E-state index in [-0.39, 0.29) is 5.91 Å². The summed E-state index contributed by atoms with van der Waals surface area (Å²) in [7, 11) is 0. The molecule has 1 radical (unpaired) electrons. The number of carboxylic acids is 1. The Balaban J connectivity index is 0.000000197. The van der Waals surface area contributed by atoms with Crippen molar-refractivity contribution in [3.63, 3.8) is 0 Å². The van der Waals surface area contributed by atoms with Gasteiger partial charge in [-0.2, -0.15) is 0 Å². The van der Waals surface area contributed by atoms with Gasteiger partial charge in [0, 0.05) is 13.3 Å². The molecule has 0 saturated carbocycles. The molecule has 0 spiro atoms. The maximum absolute atomic E-state index is 10.8. The SMILES string of the molecule is CC(=O)NC(Cc1ccccc1)C(=O)O.c1cc[c]([Pb]([c]2ccccc2)[c]2ccccc2)cc1. The zero-order valence-electron chi connectivity index (χ0n) is 19.1. The van der Waals surface area contributed by atoms with Crippen LogP contribution < -0.4 is 14.7 Å². The molecule has 34 heavy (non-hydrogen) atoms. The van der Waals surface area contributed by atoms with Crippen molar-refractivity contribution in [3.8, 4) is 0 Å². The number of aliphatic carboxylic acids is 1. The molecular formula is C29H28NO3Pb. The van der Waals surface area contributed by atoms with Crippen LogP contribution in [0.2, 0.25) is 0 Å². The summed E-state index contributed by atoms with van der Waals surface area (Å²) in [4.78, 5) is 21.6. The molecule has 0 fully saturated rings. The fourth-order valence-electron chi connectivity index (χ4n) is 3.61. The number of nitrogens with one attached hydrogen (secondary N) is 1. The molecule has 0 aliphatic carbocycles. The van der Waals surface area contributed by atoms with E-state index in [1.807, 2.05) is 30.3 Å². The molecule has 5 heteroatoms. The minimum absolute atomic E-state index is 0.301. The van der Waals surface area contributed by atoms with Crippen LogP contribution in [0.4, 0.5) is 0 Å². The van der Waals surface area contributed by atoms with Crippen LogP contribution in [-0.2, 0) is 16.0 Å². The Labute approximate surface area is 209 Å². The molecule has 0 aliphatic rings. The topological polar surface area (TPSA) is 66.4 Å². The first-order chi connectivity index (χ1) is 16.5. The maximum atomic E-state index is 10.8. The van der Waals surface area contributed by atoms with Crippen LogP contribution in [0.25, 0.3) is 0 Å². The van der Waals surface area contributed by atoms with Crippen molar-refractivity contribution in [1.82, 2.24) is 5.32 Å². The van der Waals surface area contributed by atoms with Crippen molar-refractivity contribution in [2.24, 2.45) is 0 Å². The summed E-state index contributed by atoms with van der Waals surface area (Å²) in [6.45, 7) is 1.31. The fourth-order valence-corrected chi connectivity index (χ4v) is 13.6. The van der Waals surface area contributed by atoms with Gasteiger partial charge in [0.2, 0.25) is 5.91 Å². The summed E-state index contributed by atoms with van der Waals surface area (Å²) in [5.41, 5.74) is 0.888. The average Bonchev–Trinajstić information content (AvgIpc) is 2.87. The Hall–Kier alpha value is -3.26. The number of carboxylic acid groups (broad SMARTS) is 1. The van der Waals surface area contributed by atoms with Crippen molar-refractivity contribution in [2.75, 3.05) is 0 Å². The van der Waals surface area contributed by atoms with Gasteiger partial charge in [0.1, 0.15) is 6.04 Å². The van der Waals surface area contributed by atoms with Gasteiger partial charge in [-0.15, -0.1) is 0 Å². The van der Waals surface area contributed by atoms with Gasteiger partial charge in [-0.25, -0.2) is 4.79 Å². The van der Waals surface area contributed by atoms with Gasteiger partial charge in [0.05, 0.1) is 0 Å². The van der Waals surface area contributed by atoms with E-state index in [0.717, 1.165) is 5.56 Å². The van der Waals surface area contributed by atoms with Gasteiger partial charge in [-0.3, -0.25) is 4.79 Å². The Bertz CT molecular complexity index is 1060. The molecule has 0 aliphatic heterocycles. The van der Waals surface area contributed by atoms with Crippen LogP contribution >= 0.6 is 0 Å². The van der Waals surface area contributed by atoms with E-state index >= 15 is 0 Å². The Kier molecular flexibility index (Phi) is 10.0. The zero-order valence-corrected chi connectivity index (χ0v) is 23.0. The molecule has 0 aromatic heterocycles. The van der Waals surface area contributed by atoms with Gasteiger partial charge >= 0.3 is 129 Å². The molecule has 4 rings (SSSR count). The number of carbonyl (C=O) groups is 2. The molecule has 0 saturated heterocycles. The van der Waals surface area contributed by atoms with Crippen molar-refractivity contribution in [2.45, 2.75) is 19.4 Å². The van der Waals surface area contributed by atoms with Crippen LogP contribution in [0.15, 0.2) is 121 Å². The molecule has 171 valence electrons. The van der Waals surface area contributed by atoms with Crippen molar-refractivity contribution in [1.29, 1.82) is 0 Å². The normalized spacial score (nSPS) is 11.1. The summed E-state index contributed by atoms with van der Waals surface area (Å²) >= 11 is -2.17. The Morgan fingerprint density at radius 2 is 1.03 bits per heavy atom. The first-order valence-corrected chi connectivity index (χ1v) is 16.9. The molecule has 1 atom stereocenters. The molecule has 0 bridgehead atoms. The first-order valence-electron chi connectivity index (χ1n) is 11.1. The summed E-state index contributed by atoms with van der Waals surface area (Å²) < 4.78 is 4.64. The number of hydrogen-bond acceptors (Lipinski definition) is 2. The van der Waals surface area contributed by atoms with Crippen LogP contribution in [-0.4, -0.2) is 45.7 Å². The van der Waals surface area contributed by atoms with Gasteiger partial charge in [0.15, 0.2) is 0 Å². The molecule has 2 N–H and O–H groups in total. The summed E-state index contributed by atoms with van der Waals surface area (Å²) in [6.07, 6.45) is 0.301. The molecule has 1 amide bonds. The minimum atomic E-state index is -2.17. The second-order valence-corrected chi connectivity index (χ2v) is 17.4. The summed E-state index contributed by atoms with van der Waals surface area (Å²) in [5.74, 6) is -1.35. The van der Waals surface area contributed by atoms with Gasteiger partial charge in [0.25, 0.3) is 0 Å². The van der Waals surface area contributed by atoms with Crippen molar-refractivity contribution < 1.29 is 14.7 Å². The third-order valence-corrected chi connectivity index (χ3v) is 15.8. The molecular weight excluding hydrogens is 618 g/mol. The van der Waals surface area contributed by atoms with E-state index in [1.54, 1.807) is 9.37 Å². The van der Waals surface area contributed by atoms with E-state index in [0.29, 0.717) is 6.42 Å². The third-order valence-electron chi connectivity index (χ3n) is 5.15.